The summed E-state index contributed by atoms with van der Waals surface area (Å²) in [7, 11) is 0. The van der Waals surface area contributed by atoms with E-state index in [1.807, 2.05) is 0 Å². The molecule has 0 saturated carbocycles. The summed E-state index contributed by atoms with van der Waals surface area (Å²) >= 11 is 0. The lowest BCUT2D eigenvalue weighted by Crippen LogP contribution is -2.16. The highest BCUT2D eigenvalue weighted by Crippen LogP contribution is 2.24. The lowest BCUT2D eigenvalue weighted by atomic mass is 10.1. The molecular formula is C18H18N2O4. The second-order valence-electron chi connectivity index (χ2n) is 5.20. The first-order valence-electron chi connectivity index (χ1n) is 7.22. The Hall–Kier alpha value is -3.28. The van der Waals surface area contributed by atoms with Gasteiger partial charge in [0, 0.05) is 22.5 Å². The van der Waals surface area contributed by atoms with Gasteiger partial charge in [-0.05, 0) is 62.4 Å². The Balaban J connectivity index is 2.04. The first-order valence-corrected chi connectivity index (χ1v) is 7.22. The van der Waals surface area contributed by atoms with Crippen molar-refractivity contribution in [2.45, 2.75) is 13.8 Å². The highest BCUT2D eigenvalue weighted by Gasteiger charge is 2.12. The van der Waals surface area contributed by atoms with Crippen LogP contribution in [0.1, 0.15) is 13.8 Å². The molecule has 0 atom stereocenters. The molecule has 0 radical (unpaired) electrons. The molecule has 4 N–H and O–H groups in total. The molecule has 2 rings (SSSR count). The normalized spacial score (nSPS) is 11.4. The number of ether oxygens (including phenoxy) is 1. The van der Waals surface area contributed by atoms with Crippen LogP contribution >= 0.6 is 0 Å². The summed E-state index contributed by atoms with van der Waals surface area (Å²) in [6.07, 6.45) is 0. The van der Waals surface area contributed by atoms with E-state index < -0.39 is 11.9 Å². The van der Waals surface area contributed by atoms with E-state index in [1.54, 1.807) is 48.5 Å². The number of carboxylic acids is 1. The quantitative estimate of drug-likeness (QED) is 0.577. The number of rotatable bonds is 5. The topological polar surface area (TPSA) is 102 Å². The highest BCUT2D eigenvalue weighted by atomic mass is 16.5. The van der Waals surface area contributed by atoms with Gasteiger partial charge in [0.2, 0.25) is 0 Å². The Morgan fingerprint density at radius 1 is 0.917 bits per heavy atom. The zero-order valence-corrected chi connectivity index (χ0v) is 13.4. The number of aliphatic carboxylic acids is 1. The first kappa shape index (κ1) is 17.1. The molecule has 6 nitrogen and oxygen atoms in total. The minimum absolute atomic E-state index is 0.0100. The number of hydrogen-bond acceptors (Lipinski definition) is 4. The van der Waals surface area contributed by atoms with Gasteiger partial charge in [-0.25, -0.2) is 4.79 Å². The third kappa shape index (κ3) is 4.36. The largest absolute Gasteiger partial charge is 0.478 e. The standard InChI is InChI=1S/C18H18N2O4/c1-11(12(2)18(22)23)17(21)20-14-5-9-16(10-6-14)24-15-7-3-13(19)4-8-15/h3-10H,19H2,1-2H3,(H,20,21)(H,22,23)/b12-11-. The van der Waals surface area contributed by atoms with Crippen LogP contribution in [0.25, 0.3) is 0 Å². The van der Waals surface area contributed by atoms with E-state index in [2.05, 4.69) is 5.32 Å². The molecule has 0 saturated heterocycles. The van der Waals surface area contributed by atoms with E-state index in [-0.39, 0.29) is 11.1 Å². The molecule has 0 aliphatic heterocycles. The number of carboxylic acid groups (broad SMARTS) is 1. The van der Waals surface area contributed by atoms with Crippen molar-refractivity contribution in [1.29, 1.82) is 0 Å². The van der Waals surface area contributed by atoms with Gasteiger partial charge in [-0.15, -0.1) is 0 Å². The zero-order chi connectivity index (χ0) is 17.7. The number of benzene rings is 2. The van der Waals surface area contributed by atoms with Crippen molar-refractivity contribution in [1.82, 2.24) is 0 Å². The minimum Gasteiger partial charge on any atom is -0.478 e. The average molecular weight is 326 g/mol. The zero-order valence-electron chi connectivity index (χ0n) is 13.4. The van der Waals surface area contributed by atoms with E-state index in [1.165, 1.54) is 13.8 Å². The number of nitrogens with one attached hydrogen (secondary N) is 1. The minimum atomic E-state index is -1.12. The van der Waals surface area contributed by atoms with Gasteiger partial charge in [-0.2, -0.15) is 0 Å². The maximum Gasteiger partial charge on any atom is 0.331 e. The SMILES string of the molecule is C/C(C(=O)O)=C(\C)C(=O)Nc1ccc(Oc2ccc(N)cc2)cc1. The molecule has 0 spiro atoms. The van der Waals surface area contributed by atoms with Gasteiger partial charge in [0.05, 0.1) is 0 Å². The molecule has 0 heterocycles. The summed E-state index contributed by atoms with van der Waals surface area (Å²) in [6, 6.07) is 13.8. The lowest BCUT2D eigenvalue weighted by Gasteiger charge is -2.09. The molecule has 0 unspecified atom stereocenters. The monoisotopic (exact) mass is 326 g/mol. The number of hydrogen-bond donors (Lipinski definition) is 3. The summed E-state index contributed by atoms with van der Waals surface area (Å²) in [5.74, 6) is -0.319. The molecule has 24 heavy (non-hydrogen) atoms. The maximum absolute atomic E-state index is 12.0. The van der Waals surface area contributed by atoms with Crippen molar-refractivity contribution in [3.63, 3.8) is 0 Å². The van der Waals surface area contributed by atoms with Gasteiger partial charge in [0.25, 0.3) is 5.91 Å². The molecule has 124 valence electrons. The lowest BCUT2D eigenvalue weighted by molar-refractivity contribution is -0.133. The number of anilines is 2. The van der Waals surface area contributed by atoms with E-state index in [0.717, 1.165) is 0 Å². The molecule has 0 aliphatic rings. The van der Waals surface area contributed by atoms with Gasteiger partial charge >= 0.3 is 5.97 Å². The molecule has 0 aromatic heterocycles. The number of nitrogens with two attached hydrogens (primary N) is 1. The van der Waals surface area contributed by atoms with Crippen LogP contribution in [0.15, 0.2) is 59.7 Å². The molecule has 6 heteroatoms. The van der Waals surface area contributed by atoms with Crippen molar-refractivity contribution < 1.29 is 19.4 Å². The maximum atomic E-state index is 12.0. The number of nitrogen functional groups attached to an aromatic ring is 1. The number of amides is 1. The van der Waals surface area contributed by atoms with Crippen LogP contribution in [0.4, 0.5) is 11.4 Å². The van der Waals surface area contributed by atoms with Gasteiger partial charge < -0.3 is 20.9 Å². The van der Waals surface area contributed by atoms with Gasteiger partial charge in [0.15, 0.2) is 0 Å². The summed E-state index contributed by atoms with van der Waals surface area (Å²) in [4.78, 5) is 22.9. The molecule has 2 aromatic rings. The van der Waals surface area contributed by atoms with Crippen LogP contribution < -0.4 is 15.8 Å². The Morgan fingerprint density at radius 3 is 1.92 bits per heavy atom. The van der Waals surface area contributed by atoms with Crippen LogP contribution in [-0.4, -0.2) is 17.0 Å². The van der Waals surface area contributed by atoms with Gasteiger partial charge in [-0.1, -0.05) is 0 Å². The first-order chi connectivity index (χ1) is 11.4. The Labute approximate surface area is 139 Å². The van der Waals surface area contributed by atoms with Crippen LogP contribution in [-0.2, 0) is 9.59 Å². The van der Waals surface area contributed by atoms with Crippen LogP contribution in [0.2, 0.25) is 0 Å². The van der Waals surface area contributed by atoms with Crippen LogP contribution in [0.5, 0.6) is 11.5 Å². The molecular weight excluding hydrogens is 308 g/mol. The Morgan fingerprint density at radius 2 is 1.42 bits per heavy atom. The van der Waals surface area contributed by atoms with E-state index in [9.17, 15) is 9.59 Å². The third-order valence-corrected chi connectivity index (χ3v) is 3.45. The molecule has 0 bridgehead atoms. The molecule has 1 amide bonds. The average Bonchev–Trinajstić information content (AvgIpc) is 2.57. The summed E-state index contributed by atoms with van der Waals surface area (Å²) in [5, 5.41) is 11.5. The van der Waals surface area contributed by atoms with Gasteiger partial charge in [0.1, 0.15) is 11.5 Å². The van der Waals surface area contributed by atoms with E-state index in [4.69, 9.17) is 15.6 Å². The van der Waals surface area contributed by atoms with E-state index >= 15 is 0 Å². The fourth-order valence-corrected chi connectivity index (χ4v) is 1.83. The van der Waals surface area contributed by atoms with Crippen molar-refractivity contribution in [3.05, 3.63) is 59.7 Å². The summed E-state index contributed by atoms with van der Waals surface area (Å²) in [5.41, 5.74) is 6.98. The van der Waals surface area contributed by atoms with Crippen LogP contribution in [0, 0.1) is 0 Å². The van der Waals surface area contributed by atoms with Crippen molar-refractivity contribution in [2.75, 3.05) is 11.1 Å². The summed E-state index contributed by atoms with van der Waals surface area (Å²) in [6.45, 7) is 2.86. The fraction of sp³-hybridized carbons (Fsp3) is 0.111. The smallest absolute Gasteiger partial charge is 0.331 e. The Bertz CT molecular complexity index is 778. The van der Waals surface area contributed by atoms with E-state index in [0.29, 0.717) is 22.9 Å². The van der Waals surface area contributed by atoms with Crippen molar-refractivity contribution in [2.24, 2.45) is 0 Å². The fourth-order valence-electron chi connectivity index (χ4n) is 1.83. The molecule has 0 aliphatic carbocycles. The van der Waals surface area contributed by atoms with Crippen LogP contribution in [0.3, 0.4) is 0 Å². The predicted octanol–water partition coefficient (Wildman–Crippen LogP) is 3.42. The highest BCUT2D eigenvalue weighted by molar-refractivity contribution is 6.08. The second-order valence-corrected chi connectivity index (χ2v) is 5.20. The third-order valence-electron chi connectivity index (χ3n) is 3.45. The molecule has 2 aromatic carbocycles. The van der Waals surface area contributed by atoms with Crippen molar-refractivity contribution >= 4 is 23.3 Å². The van der Waals surface area contributed by atoms with Gasteiger partial charge in [-0.3, -0.25) is 4.79 Å². The number of carbonyl (C=O) groups is 2. The Kier molecular flexibility index (Phi) is 5.21. The number of carbonyl (C=O) groups excluding carboxylic acids is 1. The second kappa shape index (κ2) is 7.32. The molecule has 0 fully saturated rings. The van der Waals surface area contributed by atoms with Crippen molar-refractivity contribution in [3.8, 4) is 11.5 Å². The summed E-state index contributed by atoms with van der Waals surface area (Å²) < 4.78 is 5.66. The predicted molar refractivity (Wildman–Crippen MR) is 92.0 cm³/mol.